The Morgan fingerprint density at radius 3 is 2.56 bits per heavy atom. The van der Waals surface area contributed by atoms with Crippen LogP contribution in [0.3, 0.4) is 0 Å². The van der Waals surface area contributed by atoms with Crippen LogP contribution in [-0.4, -0.2) is 23.5 Å². The highest BCUT2D eigenvalue weighted by Crippen LogP contribution is 2.37. The van der Waals surface area contributed by atoms with Crippen molar-refractivity contribution in [2.24, 2.45) is 11.8 Å². The van der Waals surface area contributed by atoms with Crippen LogP contribution in [0.15, 0.2) is 0 Å². The first kappa shape index (κ1) is 12.9. The molecule has 1 aliphatic rings. The summed E-state index contributed by atoms with van der Waals surface area (Å²) in [7, 11) is 1.37. The zero-order valence-electron chi connectivity index (χ0n) is 10.1. The summed E-state index contributed by atoms with van der Waals surface area (Å²) in [6, 6.07) is 0. The van der Waals surface area contributed by atoms with Gasteiger partial charge in [-0.25, -0.2) is 0 Å². The summed E-state index contributed by atoms with van der Waals surface area (Å²) in [6.07, 6.45) is 3.04. The van der Waals surface area contributed by atoms with Crippen LogP contribution in [-0.2, 0) is 9.53 Å². The van der Waals surface area contributed by atoms with E-state index in [0.717, 1.165) is 19.3 Å². The van der Waals surface area contributed by atoms with Gasteiger partial charge in [0.1, 0.15) is 0 Å². The van der Waals surface area contributed by atoms with E-state index in [4.69, 9.17) is 4.74 Å². The quantitative estimate of drug-likeness (QED) is 0.421. The van der Waals surface area contributed by atoms with Crippen LogP contribution in [0.25, 0.3) is 0 Å². The average Bonchev–Trinajstić information content (AvgIpc) is 2.28. The number of nitro groups is 1. The summed E-state index contributed by atoms with van der Waals surface area (Å²) in [5, 5.41) is 11.0. The van der Waals surface area contributed by atoms with Gasteiger partial charge >= 0.3 is 5.97 Å². The molecule has 0 radical (unpaired) electrons. The lowest BCUT2D eigenvalue weighted by Crippen LogP contribution is -2.43. The summed E-state index contributed by atoms with van der Waals surface area (Å²) in [6.45, 7) is 3.27. The van der Waals surface area contributed by atoms with Gasteiger partial charge in [-0.1, -0.05) is 6.42 Å². The summed E-state index contributed by atoms with van der Waals surface area (Å²) < 4.78 is 4.70. The molecule has 0 spiro atoms. The molecule has 0 aromatic carbocycles. The molecule has 0 saturated heterocycles. The number of rotatable bonds is 3. The molecule has 1 rings (SSSR count). The third kappa shape index (κ3) is 2.51. The molecule has 0 aliphatic heterocycles. The number of carbonyl (C=O) groups is 1. The van der Waals surface area contributed by atoms with Gasteiger partial charge in [0.05, 0.1) is 13.0 Å². The maximum absolute atomic E-state index is 11.4. The average molecular weight is 229 g/mol. The van der Waals surface area contributed by atoms with Gasteiger partial charge in [0.15, 0.2) is 0 Å². The largest absolute Gasteiger partial charge is 0.469 e. The molecule has 0 amide bonds. The van der Waals surface area contributed by atoms with Gasteiger partial charge in [-0.05, 0) is 19.3 Å². The van der Waals surface area contributed by atoms with Crippen molar-refractivity contribution in [3.63, 3.8) is 0 Å². The normalized spacial score (nSPS) is 26.2. The number of nitrogens with zero attached hydrogens (tertiary/aromatic N) is 1. The second-order valence-corrected chi connectivity index (χ2v) is 4.99. The number of hydrogen-bond acceptors (Lipinski definition) is 4. The molecule has 0 bridgehead atoms. The van der Waals surface area contributed by atoms with Crippen LogP contribution in [0, 0.1) is 22.0 Å². The Kier molecular flexibility index (Phi) is 3.88. The molecule has 0 N–H and O–H groups in total. The number of methoxy groups -OCH3 is 1. The highest BCUT2D eigenvalue weighted by atomic mass is 16.6. The topological polar surface area (TPSA) is 69.4 Å². The van der Waals surface area contributed by atoms with Gasteiger partial charge in [0.2, 0.25) is 5.54 Å². The van der Waals surface area contributed by atoms with E-state index in [1.165, 1.54) is 7.11 Å². The zero-order valence-corrected chi connectivity index (χ0v) is 10.1. The van der Waals surface area contributed by atoms with Crippen LogP contribution in [0.1, 0.15) is 39.5 Å². The molecule has 2 atom stereocenters. The molecular weight excluding hydrogens is 210 g/mol. The van der Waals surface area contributed by atoms with E-state index in [-0.39, 0.29) is 22.7 Å². The summed E-state index contributed by atoms with van der Waals surface area (Å²) in [4.78, 5) is 22.1. The summed E-state index contributed by atoms with van der Waals surface area (Å²) in [5.41, 5.74) is -0.952. The molecule has 1 saturated carbocycles. The van der Waals surface area contributed by atoms with E-state index >= 15 is 0 Å². The predicted octanol–water partition coefficient (Wildman–Crippen LogP) is 2.02. The molecule has 1 fully saturated rings. The summed E-state index contributed by atoms with van der Waals surface area (Å²) in [5.74, 6) is -0.438. The van der Waals surface area contributed by atoms with Gasteiger partial charge in [-0.3, -0.25) is 14.9 Å². The standard InChI is InChI=1S/C11H19NO4/c1-11(2,12(14)15)9-6-4-5-8(7-9)10(13)16-3/h8-9H,4-7H2,1-3H3. The van der Waals surface area contributed by atoms with Crippen LogP contribution < -0.4 is 0 Å². The van der Waals surface area contributed by atoms with E-state index in [1.807, 2.05) is 0 Å². The number of carbonyl (C=O) groups excluding carboxylic acids is 1. The molecule has 5 nitrogen and oxygen atoms in total. The monoisotopic (exact) mass is 229 g/mol. The fourth-order valence-electron chi connectivity index (χ4n) is 2.36. The Labute approximate surface area is 95.3 Å². The minimum Gasteiger partial charge on any atom is -0.469 e. The first-order valence-corrected chi connectivity index (χ1v) is 5.62. The highest BCUT2D eigenvalue weighted by Gasteiger charge is 2.44. The van der Waals surface area contributed by atoms with Crippen LogP contribution in [0.4, 0.5) is 0 Å². The Bertz CT molecular complexity index is 288. The molecular formula is C11H19NO4. The van der Waals surface area contributed by atoms with Crippen LogP contribution in [0.2, 0.25) is 0 Å². The molecule has 5 heteroatoms. The minimum absolute atomic E-state index is 0.0413. The Morgan fingerprint density at radius 2 is 2.06 bits per heavy atom. The Hall–Kier alpha value is -1.13. The molecule has 0 aromatic rings. The SMILES string of the molecule is COC(=O)C1CCCC(C(C)(C)[N+](=O)[O-])C1. The van der Waals surface area contributed by atoms with E-state index in [9.17, 15) is 14.9 Å². The van der Waals surface area contributed by atoms with Crippen molar-refractivity contribution in [1.82, 2.24) is 0 Å². The van der Waals surface area contributed by atoms with Gasteiger partial charge < -0.3 is 4.74 Å². The fraction of sp³-hybridized carbons (Fsp3) is 0.909. The van der Waals surface area contributed by atoms with Crippen molar-refractivity contribution in [2.45, 2.75) is 45.1 Å². The third-order valence-electron chi connectivity index (χ3n) is 3.68. The second kappa shape index (κ2) is 4.80. The van der Waals surface area contributed by atoms with Crippen LogP contribution in [0.5, 0.6) is 0 Å². The van der Waals surface area contributed by atoms with Crippen molar-refractivity contribution >= 4 is 5.97 Å². The third-order valence-corrected chi connectivity index (χ3v) is 3.68. The maximum Gasteiger partial charge on any atom is 0.308 e. The number of hydrogen-bond donors (Lipinski definition) is 0. The molecule has 1 aliphatic carbocycles. The lowest BCUT2D eigenvalue weighted by atomic mass is 9.73. The van der Waals surface area contributed by atoms with E-state index in [2.05, 4.69) is 0 Å². The number of ether oxygens (including phenoxy) is 1. The lowest BCUT2D eigenvalue weighted by Gasteiger charge is -2.33. The Balaban J connectivity index is 2.70. The highest BCUT2D eigenvalue weighted by molar-refractivity contribution is 5.72. The molecule has 2 unspecified atom stereocenters. The smallest absolute Gasteiger partial charge is 0.308 e. The van der Waals surface area contributed by atoms with Gasteiger partial charge in [-0.2, -0.15) is 0 Å². The molecule has 92 valence electrons. The van der Waals surface area contributed by atoms with Gasteiger partial charge in [0, 0.05) is 24.7 Å². The fourth-order valence-corrected chi connectivity index (χ4v) is 2.36. The van der Waals surface area contributed by atoms with Gasteiger partial charge in [-0.15, -0.1) is 0 Å². The first-order chi connectivity index (χ1) is 7.39. The van der Waals surface area contributed by atoms with Crippen molar-refractivity contribution in [2.75, 3.05) is 7.11 Å². The predicted molar refractivity (Wildman–Crippen MR) is 58.5 cm³/mol. The Morgan fingerprint density at radius 1 is 1.44 bits per heavy atom. The minimum atomic E-state index is -0.952. The van der Waals surface area contributed by atoms with Gasteiger partial charge in [0.25, 0.3) is 0 Å². The zero-order chi connectivity index (χ0) is 12.3. The van der Waals surface area contributed by atoms with Crippen molar-refractivity contribution in [1.29, 1.82) is 0 Å². The first-order valence-electron chi connectivity index (χ1n) is 5.62. The van der Waals surface area contributed by atoms with Crippen molar-refractivity contribution in [3.8, 4) is 0 Å². The summed E-state index contributed by atoms with van der Waals surface area (Å²) >= 11 is 0. The van der Waals surface area contributed by atoms with Crippen molar-refractivity contribution < 1.29 is 14.5 Å². The number of esters is 1. The maximum atomic E-state index is 11.4. The molecule has 0 aromatic heterocycles. The van der Waals surface area contributed by atoms with E-state index in [1.54, 1.807) is 13.8 Å². The van der Waals surface area contributed by atoms with Crippen LogP contribution >= 0.6 is 0 Å². The second-order valence-electron chi connectivity index (χ2n) is 4.99. The lowest BCUT2D eigenvalue weighted by molar-refractivity contribution is -0.572. The molecule has 16 heavy (non-hydrogen) atoms. The van der Waals surface area contributed by atoms with E-state index < -0.39 is 5.54 Å². The molecule has 0 heterocycles. The van der Waals surface area contributed by atoms with Crippen molar-refractivity contribution in [3.05, 3.63) is 10.1 Å². The van der Waals surface area contributed by atoms with E-state index in [0.29, 0.717) is 6.42 Å².